The Kier molecular flexibility index (Phi) is 5.41. The number of amides is 2. The number of nitrogens with zero attached hydrogens (tertiary/aromatic N) is 2. The quantitative estimate of drug-likeness (QED) is 0.876. The zero-order chi connectivity index (χ0) is 17.0. The number of likely N-dealkylation sites (N-methyl/N-ethyl adjacent to an activating group) is 1. The lowest BCUT2D eigenvalue weighted by molar-refractivity contribution is 0.0744. The van der Waals surface area contributed by atoms with E-state index in [2.05, 4.69) is 41.6 Å². The van der Waals surface area contributed by atoms with Gasteiger partial charge in [0, 0.05) is 30.9 Å². The monoisotopic (exact) mass is 330 g/mol. The van der Waals surface area contributed by atoms with Crippen LogP contribution in [-0.4, -0.2) is 61.1 Å². The number of carbonyl (C=O) groups is 1. The van der Waals surface area contributed by atoms with E-state index in [0.717, 1.165) is 64.1 Å². The van der Waals surface area contributed by atoms with E-state index in [4.69, 9.17) is 0 Å². The lowest BCUT2D eigenvalue weighted by atomic mass is 9.86. The molecule has 1 spiro atoms. The predicted octanol–water partition coefficient (Wildman–Crippen LogP) is 2.54. The maximum Gasteiger partial charge on any atom is 0.321 e. The number of benzene rings is 1. The lowest BCUT2D eigenvalue weighted by Crippen LogP contribution is -2.58. The third kappa shape index (κ3) is 3.73. The first-order valence-electron chi connectivity index (χ1n) is 9.20. The number of nitrogens with one attached hydrogen (secondary N) is 2. The fourth-order valence-corrected chi connectivity index (χ4v) is 3.92. The topological polar surface area (TPSA) is 47.6 Å². The highest BCUT2D eigenvalue weighted by Crippen LogP contribution is 2.29. The van der Waals surface area contributed by atoms with Crippen LogP contribution in [0.4, 0.5) is 10.5 Å². The molecule has 0 atom stereocenters. The van der Waals surface area contributed by atoms with E-state index in [1.165, 1.54) is 5.56 Å². The minimum absolute atomic E-state index is 0.0347. The van der Waals surface area contributed by atoms with Crippen molar-refractivity contribution in [3.8, 4) is 0 Å². The van der Waals surface area contributed by atoms with Crippen LogP contribution in [0, 0.1) is 0 Å². The summed E-state index contributed by atoms with van der Waals surface area (Å²) < 4.78 is 0. The molecule has 2 aliphatic rings. The van der Waals surface area contributed by atoms with Gasteiger partial charge in [-0.15, -0.1) is 0 Å². The molecule has 2 N–H and O–H groups in total. The third-order valence-corrected chi connectivity index (χ3v) is 5.65. The van der Waals surface area contributed by atoms with Crippen LogP contribution >= 0.6 is 0 Å². The van der Waals surface area contributed by atoms with E-state index in [1.54, 1.807) is 0 Å². The van der Waals surface area contributed by atoms with Crippen molar-refractivity contribution in [3.63, 3.8) is 0 Å². The molecule has 2 aliphatic heterocycles. The minimum atomic E-state index is 0.0347. The van der Waals surface area contributed by atoms with Crippen molar-refractivity contribution in [2.45, 2.75) is 38.1 Å². The van der Waals surface area contributed by atoms with Gasteiger partial charge in [-0.25, -0.2) is 4.79 Å². The third-order valence-electron chi connectivity index (χ3n) is 5.65. The van der Waals surface area contributed by atoms with Crippen molar-refractivity contribution in [1.82, 2.24) is 15.1 Å². The maximum atomic E-state index is 12.8. The van der Waals surface area contributed by atoms with Gasteiger partial charge in [0.25, 0.3) is 0 Å². The summed E-state index contributed by atoms with van der Waals surface area (Å²) in [6, 6.07) is 8.20. The van der Waals surface area contributed by atoms with Crippen LogP contribution in [0.25, 0.3) is 0 Å². The largest absolute Gasteiger partial charge is 0.323 e. The second kappa shape index (κ2) is 7.53. The smallest absolute Gasteiger partial charge is 0.321 e. The summed E-state index contributed by atoms with van der Waals surface area (Å²) in [5.74, 6) is 0. The number of piperidine rings is 1. The summed E-state index contributed by atoms with van der Waals surface area (Å²) >= 11 is 0. The molecule has 0 unspecified atom stereocenters. The van der Waals surface area contributed by atoms with E-state index in [-0.39, 0.29) is 11.6 Å². The molecule has 2 saturated heterocycles. The van der Waals surface area contributed by atoms with Gasteiger partial charge in [-0.1, -0.05) is 19.1 Å². The molecule has 1 aromatic carbocycles. The predicted molar refractivity (Wildman–Crippen MR) is 98.5 cm³/mol. The number of hydrogen-bond acceptors (Lipinski definition) is 3. The molecule has 0 aromatic heterocycles. The standard InChI is InChI=1S/C19H30N4O/c1-3-16-5-7-17(8-6-16)21-18(24)23-14-4-13-22(2)19(15-23)9-11-20-12-10-19/h5-8,20H,3-4,9-15H2,1-2H3,(H,21,24). The van der Waals surface area contributed by atoms with Gasteiger partial charge in [-0.05, 0) is 63.5 Å². The summed E-state index contributed by atoms with van der Waals surface area (Å²) in [4.78, 5) is 17.3. The van der Waals surface area contributed by atoms with Crippen LogP contribution in [0.3, 0.4) is 0 Å². The molecular formula is C19H30N4O. The minimum Gasteiger partial charge on any atom is -0.323 e. The summed E-state index contributed by atoms with van der Waals surface area (Å²) in [5.41, 5.74) is 2.30. The van der Waals surface area contributed by atoms with Crippen molar-refractivity contribution in [1.29, 1.82) is 0 Å². The van der Waals surface area contributed by atoms with Crippen LogP contribution in [0.1, 0.15) is 31.7 Å². The van der Waals surface area contributed by atoms with E-state index < -0.39 is 0 Å². The molecule has 0 saturated carbocycles. The van der Waals surface area contributed by atoms with Crippen molar-refractivity contribution in [2.24, 2.45) is 0 Å². The van der Waals surface area contributed by atoms with Gasteiger partial charge in [0.15, 0.2) is 0 Å². The number of rotatable bonds is 2. The van der Waals surface area contributed by atoms with Gasteiger partial charge < -0.3 is 15.5 Å². The molecule has 132 valence electrons. The van der Waals surface area contributed by atoms with Crippen molar-refractivity contribution in [3.05, 3.63) is 29.8 Å². The number of anilines is 1. The zero-order valence-electron chi connectivity index (χ0n) is 15.0. The van der Waals surface area contributed by atoms with Crippen LogP contribution < -0.4 is 10.6 Å². The second-order valence-corrected chi connectivity index (χ2v) is 7.15. The van der Waals surface area contributed by atoms with Crippen molar-refractivity contribution < 1.29 is 4.79 Å². The average molecular weight is 330 g/mol. The molecule has 2 fully saturated rings. The highest BCUT2D eigenvalue weighted by molar-refractivity contribution is 5.89. The van der Waals surface area contributed by atoms with E-state index >= 15 is 0 Å². The highest BCUT2D eigenvalue weighted by atomic mass is 16.2. The average Bonchev–Trinajstić information content (AvgIpc) is 2.76. The van der Waals surface area contributed by atoms with Gasteiger partial charge in [0.1, 0.15) is 0 Å². The molecule has 5 heteroatoms. The van der Waals surface area contributed by atoms with Crippen LogP contribution in [-0.2, 0) is 6.42 Å². The Bertz CT molecular complexity index is 551. The Labute approximate surface area is 145 Å². The van der Waals surface area contributed by atoms with Gasteiger partial charge in [0.05, 0.1) is 0 Å². The molecule has 3 rings (SSSR count). The van der Waals surface area contributed by atoms with Gasteiger partial charge in [-0.3, -0.25) is 4.90 Å². The molecular weight excluding hydrogens is 300 g/mol. The molecule has 0 bridgehead atoms. The first-order chi connectivity index (χ1) is 11.6. The number of hydrogen-bond donors (Lipinski definition) is 2. The van der Waals surface area contributed by atoms with E-state index in [0.29, 0.717) is 0 Å². The Balaban J connectivity index is 1.68. The second-order valence-electron chi connectivity index (χ2n) is 7.15. The fraction of sp³-hybridized carbons (Fsp3) is 0.632. The number of aryl methyl sites for hydroxylation is 1. The van der Waals surface area contributed by atoms with Crippen molar-refractivity contribution >= 4 is 11.7 Å². The molecule has 1 aromatic rings. The van der Waals surface area contributed by atoms with E-state index in [9.17, 15) is 4.79 Å². The molecule has 2 amide bonds. The molecule has 24 heavy (non-hydrogen) atoms. The zero-order valence-corrected chi connectivity index (χ0v) is 15.0. The SMILES string of the molecule is CCc1ccc(NC(=O)N2CCCN(C)C3(CCNCC3)C2)cc1. The van der Waals surface area contributed by atoms with Crippen LogP contribution in [0.15, 0.2) is 24.3 Å². The summed E-state index contributed by atoms with van der Waals surface area (Å²) in [6.07, 6.45) is 4.27. The Morgan fingerprint density at radius 2 is 1.92 bits per heavy atom. The van der Waals surface area contributed by atoms with Crippen LogP contribution in [0.5, 0.6) is 0 Å². The normalized spacial score (nSPS) is 21.5. The maximum absolute atomic E-state index is 12.8. The highest BCUT2D eigenvalue weighted by Gasteiger charge is 2.40. The first-order valence-corrected chi connectivity index (χ1v) is 9.20. The molecule has 0 radical (unpaired) electrons. The van der Waals surface area contributed by atoms with Gasteiger partial charge in [-0.2, -0.15) is 0 Å². The summed E-state index contributed by atoms with van der Waals surface area (Å²) in [7, 11) is 2.22. The summed E-state index contributed by atoms with van der Waals surface area (Å²) in [6.45, 7) is 6.94. The number of carbonyl (C=O) groups excluding carboxylic acids is 1. The number of urea groups is 1. The summed E-state index contributed by atoms with van der Waals surface area (Å²) in [5, 5.41) is 6.53. The van der Waals surface area contributed by atoms with Gasteiger partial charge >= 0.3 is 6.03 Å². The molecule has 2 heterocycles. The van der Waals surface area contributed by atoms with E-state index in [1.807, 2.05) is 17.0 Å². The lowest BCUT2D eigenvalue weighted by Gasteiger charge is -2.45. The molecule has 5 nitrogen and oxygen atoms in total. The Hall–Kier alpha value is -1.59. The Morgan fingerprint density at radius 3 is 2.58 bits per heavy atom. The van der Waals surface area contributed by atoms with Crippen LogP contribution in [0.2, 0.25) is 0 Å². The fourth-order valence-electron chi connectivity index (χ4n) is 3.92. The first kappa shape index (κ1) is 17.2. The molecule has 0 aliphatic carbocycles. The van der Waals surface area contributed by atoms with Crippen molar-refractivity contribution in [2.75, 3.05) is 45.1 Å². The Morgan fingerprint density at radius 1 is 1.21 bits per heavy atom. The van der Waals surface area contributed by atoms with Gasteiger partial charge in [0.2, 0.25) is 0 Å².